The van der Waals surface area contributed by atoms with Crippen LogP contribution in [0.2, 0.25) is 0 Å². The Morgan fingerprint density at radius 2 is 1.29 bits per heavy atom. The summed E-state index contributed by atoms with van der Waals surface area (Å²) < 4.78 is 9.69. The Labute approximate surface area is 161 Å². The Bertz CT molecular complexity index is 139. The van der Waals surface area contributed by atoms with Crippen LogP contribution in [-0.4, -0.2) is 73.8 Å². The van der Waals surface area contributed by atoms with Gasteiger partial charge in [0, 0.05) is 0 Å². The Balaban J connectivity index is -0.000000616. The average molecular weight is 375 g/mol. The molecule has 0 saturated heterocycles. The van der Waals surface area contributed by atoms with Crippen LogP contribution in [0.4, 0.5) is -0.211 Å². The number of hydrogen-bond acceptors (Lipinski definition) is 0. The normalized spacial score (nSPS) is 8.82. The molecule has 0 aliphatic heterocycles. The summed E-state index contributed by atoms with van der Waals surface area (Å²) in [5.74, 6) is 0. The van der Waals surface area contributed by atoms with E-state index in [1.165, 1.54) is 57.8 Å². The van der Waals surface area contributed by atoms with Crippen LogP contribution in [0, 0.1) is 0 Å². The minimum atomic E-state index is -0.438. The van der Waals surface area contributed by atoms with Crippen molar-refractivity contribution in [2.45, 2.75) is 78.6 Å². The first-order chi connectivity index (χ1) is 7.85. The molecule has 0 aromatic rings. The fourth-order valence-electron chi connectivity index (χ4n) is 1.65. The molecule has 0 saturated carbocycles. The molecule has 0 aliphatic rings. The molecule has 0 aliphatic carbocycles. The van der Waals surface area contributed by atoms with Gasteiger partial charge in [0.1, 0.15) is 0 Å². The second kappa shape index (κ2) is 23.2. The van der Waals surface area contributed by atoms with E-state index in [9.17, 15) is -0.211 Å². The summed E-state index contributed by atoms with van der Waals surface area (Å²) in [7, 11) is 0. The molecule has 17 heavy (non-hydrogen) atoms. The number of halogens is 1. The molecule has 0 unspecified atom stereocenters. The summed E-state index contributed by atoms with van der Waals surface area (Å²) in [4.78, 5) is 0. The molecule has 3 heteroatoms. The summed E-state index contributed by atoms with van der Waals surface area (Å²) in [5, 5.41) is 0. The van der Waals surface area contributed by atoms with E-state index in [1.807, 2.05) is 0 Å². The number of unbranched alkanes of at least 4 members (excludes halogenated alkanes) is 4. The first kappa shape index (κ1) is 24.1. The van der Waals surface area contributed by atoms with Gasteiger partial charge in [-0.05, 0) is 32.1 Å². The third kappa shape index (κ3) is 20.6. The van der Waals surface area contributed by atoms with Crippen LogP contribution in [0.25, 0.3) is 0 Å². The van der Waals surface area contributed by atoms with Crippen molar-refractivity contribution in [3.8, 4) is 0 Å². The SMILES string of the molecule is CCCCC=C(CCCC)CCCC.[F][K].[SnH2]. The Hall–Kier alpha value is 2.11. The van der Waals surface area contributed by atoms with Crippen molar-refractivity contribution in [3.05, 3.63) is 11.6 Å². The fourth-order valence-corrected chi connectivity index (χ4v) is 1.65. The van der Waals surface area contributed by atoms with Gasteiger partial charge in [-0.3, -0.25) is 0 Å². The monoisotopic (exact) mass is 376 g/mol. The van der Waals surface area contributed by atoms with Crippen molar-refractivity contribution < 1.29 is -0.211 Å². The van der Waals surface area contributed by atoms with Gasteiger partial charge in [-0.2, -0.15) is 0 Å². The van der Waals surface area contributed by atoms with Crippen LogP contribution in [0.5, 0.6) is 0 Å². The molecular weight excluding hydrogens is 345 g/mol. The van der Waals surface area contributed by atoms with Crippen molar-refractivity contribution in [3.63, 3.8) is 0 Å². The molecule has 0 atom stereocenters. The average Bonchev–Trinajstić information content (AvgIpc) is 2.34. The van der Waals surface area contributed by atoms with Gasteiger partial charge in [0.15, 0.2) is 0 Å². The molecule has 0 spiro atoms. The Morgan fingerprint density at radius 1 is 0.882 bits per heavy atom. The predicted octanol–water partition coefficient (Wildman–Crippen LogP) is 4.61. The third-order valence-electron chi connectivity index (χ3n) is 2.69. The maximum absolute atomic E-state index is 9.69. The van der Waals surface area contributed by atoms with Gasteiger partial charge in [0.2, 0.25) is 0 Å². The van der Waals surface area contributed by atoms with Crippen molar-refractivity contribution in [1.82, 2.24) is 0 Å². The number of hydrogen-bond donors (Lipinski definition) is 0. The zero-order valence-electron chi connectivity index (χ0n) is 12.5. The second-order valence-electron chi connectivity index (χ2n) is 4.21. The molecule has 0 nitrogen and oxygen atoms in total. The summed E-state index contributed by atoms with van der Waals surface area (Å²) in [5.41, 5.74) is 1.72. The van der Waals surface area contributed by atoms with Gasteiger partial charge in [-0.1, -0.05) is 58.1 Å². The van der Waals surface area contributed by atoms with E-state index in [0.29, 0.717) is 0 Å². The van der Waals surface area contributed by atoms with Crippen LogP contribution in [-0.2, 0) is 0 Å². The van der Waals surface area contributed by atoms with Crippen LogP contribution in [0.15, 0.2) is 11.6 Å². The summed E-state index contributed by atoms with van der Waals surface area (Å²) in [6.45, 7) is 6.83. The molecule has 0 N–H and O–H groups in total. The molecule has 0 fully saturated rings. The minimum absolute atomic E-state index is 0. The van der Waals surface area contributed by atoms with E-state index >= 15 is 0 Å². The molecular formula is C14H30FKSn. The molecule has 0 bridgehead atoms. The first-order valence-corrected chi connectivity index (χ1v) is 8.08. The molecule has 2 radical (unpaired) electrons. The summed E-state index contributed by atoms with van der Waals surface area (Å²) >= 11 is -0.438. The topological polar surface area (TPSA) is 0 Å². The third-order valence-corrected chi connectivity index (χ3v) is 2.69. The van der Waals surface area contributed by atoms with Crippen LogP contribution in [0.3, 0.4) is 0 Å². The van der Waals surface area contributed by atoms with E-state index in [2.05, 4.69) is 26.8 Å². The predicted molar refractivity (Wildman–Crippen MR) is 82.1 cm³/mol. The van der Waals surface area contributed by atoms with Gasteiger partial charge in [-0.15, -0.1) is 0 Å². The van der Waals surface area contributed by atoms with Crippen molar-refractivity contribution in [1.29, 1.82) is 0 Å². The number of allylic oxidation sites excluding steroid dienone is 2. The van der Waals surface area contributed by atoms with E-state index in [1.54, 1.807) is 5.57 Å². The summed E-state index contributed by atoms with van der Waals surface area (Å²) in [6.07, 6.45) is 14.6. The zero-order valence-corrected chi connectivity index (χ0v) is 19.7. The van der Waals surface area contributed by atoms with E-state index < -0.39 is 49.9 Å². The van der Waals surface area contributed by atoms with Gasteiger partial charge in [0.05, 0.1) is 0 Å². The Kier molecular flexibility index (Phi) is 33.0. The standard InChI is InChI=1S/C14H28.FH.K.Sn.2H/c1-4-7-10-13-14(11-8-5-2)12-9-6-3;;;;;/h13H,4-12H2,1-3H3;1H;;;;/q;;+1;;;/p-1. The molecule has 0 heterocycles. The zero-order chi connectivity index (χ0) is 12.6. The first-order valence-electron chi connectivity index (χ1n) is 6.90. The van der Waals surface area contributed by atoms with E-state index in [4.69, 9.17) is 0 Å². The van der Waals surface area contributed by atoms with Crippen LogP contribution >= 0.6 is 0 Å². The summed E-state index contributed by atoms with van der Waals surface area (Å²) in [6, 6.07) is 0. The fraction of sp³-hybridized carbons (Fsp3) is 0.857. The van der Waals surface area contributed by atoms with Crippen molar-refractivity contribution in [2.75, 3.05) is 0 Å². The molecule has 0 amide bonds. The van der Waals surface area contributed by atoms with Gasteiger partial charge >= 0.3 is 73.6 Å². The van der Waals surface area contributed by atoms with Crippen LogP contribution in [0.1, 0.15) is 78.6 Å². The molecule has 98 valence electrons. The number of rotatable bonds is 9. The van der Waals surface area contributed by atoms with Gasteiger partial charge in [0.25, 0.3) is 0 Å². The molecule has 0 aromatic heterocycles. The van der Waals surface area contributed by atoms with Gasteiger partial charge in [-0.25, -0.2) is 0 Å². The van der Waals surface area contributed by atoms with E-state index in [0.717, 1.165) is 0 Å². The molecule has 0 rings (SSSR count). The maximum atomic E-state index is 9.69. The second-order valence-corrected chi connectivity index (χ2v) is 4.21. The molecule has 0 aromatic carbocycles. The Morgan fingerprint density at radius 3 is 1.65 bits per heavy atom. The van der Waals surface area contributed by atoms with E-state index in [-0.39, 0.29) is 23.9 Å². The quantitative estimate of drug-likeness (QED) is 0.314. The van der Waals surface area contributed by atoms with Crippen LogP contribution < -0.4 is 0 Å². The van der Waals surface area contributed by atoms with Crippen molar-refractivity contribution >= 4 is 73.8 Å². The van der Waals surface area contributed by atoms with Gasteiger partial charge < -0.3 is 0 Å². The van der Waals surface area contributed by atoms with Crippen molar-refractivity contribution in [2.24, 2.45) is 0 Å².